The van der Waals surface area contributed by atoms with Crippen molar-refractivity contribution in [2.45, 2.75) is 26.7 Å². The summed E-state index contributed by atoms with van der Waals surface area (Å²) in [4.78, 5) is 12.4. The molecule has 0 heterocycles. The van der Waals surface area contributed by atoms with Crippen molar-refractivity contribution in [1.82, 2.24) is 0 Å². The van der Waals surface area contributed by atoms with Crippen LogP contribution in [0.3, 0.4) is 0 Å². The second-order valence-electron chi connectivity index (χ2n) is 4.91. The standard InChI is InChI=1S/C17H19NO/c1-3-4-13-5-7-14(8-6-13)17(19)15-9-12(2)10-16(18)11-15/h5-11H,3-4,18H2,1-2H3. The number of hydrogen-bond donors (Lipinski definition) is 1. The Morgan fingerprint density at radius 1 is 1.05 bits per heavy atom. The number of nitrogen functional groups attached to an aromatic ring is 1. The zero-order chi connectivity index (χ0) is 13.8. The van der Waals surface area contributed by atoms with Gasteiger partial charge in [-0.2, -0.15) is 0 Å². The van der Waals surface area contributed by atoms with Gasteiger partial charge in [0.25, 0.3) is 0 Å². The number of benzene rings is 2. The number of nitrogens with two attached hydrogens (primary N) is 1. The van der Waals surface area contributed by atoms with Crippen LogP contribution in [-0.2, 0) is 6.42 Å². The first-order valence-electron chi connectivity index (χ1n) is 6.61. The third kappa shape index (κ3) is 3.22. The van der Waals surface area contributed by atoms with Crippen LogP contribution in [0.2, 0.25) is 0 Å². The van der Waals surface area contributed by atoms with Gasteiger partial charge in [0, 0.05) is 16.8 Å². The van der Waals surface area contributed by atoms with Gasteiger partial charge in [-0.1, -0.05) is 37.6 Å². The SMILES string of the molecule is CCCc1ccc(C(=O)c2cc(C)cc(N)c2)cc1. The monoisotopic (exact) mass is 253 g/mol. The van der Waals surface area contributed by atoms with Gasteiger partial charge < -0.3 is 5.73 Å². The van der Waals surface area contributed by atoms with Crippen molar-refractivity contribution in [3.05, 3.63) is 64.7 Å². The number of rotatable bonds is 4. The van der Waals surface area contributed by atoms with Crippen molar-refractivity contribution in [3.8, 4) is 0 Å². The number of hydrogen-bond acceptors (Lipinski definition) is 2. The van der Waals surface area contributed by atoms with E-state index in [2.05, 4.69) is 6.92 Å². The van der Waals surface area contributed by atoms with E-state index in [1.54, 1.807) is 6.07 Å². The van der Waals surface area contributed by atoms with E-state index in [1.165, 1.54) is 5.56 Å². The second-order valence-corrected chi connectivity index (χ2v) is 4.91. The highest BCUT2D eigenvalue weighted by Gasteiger charge is 2.09. The van der Waals surface area contributed by atoms with Crippen LogP contribution >= 0.6 is 0 Å². The number of anilines is 1. The van der Waals surface area contributed by atoms with Gasteiger partial charge in [-0.25, -0.2) is 0 Å². The van der Waals surface area contributed by atoms with Crippen molar-refractivity contribution < 1.29 is 4.79 Å². The Bertz CT molecular complexity index is 564. The molecule has 2 rings (SSSR count). The molecular weight excluding hydrogens is 234 g/mol. The van der Waals surface area contributed by atoms with Crippen molar-refractivity contribution in [3.63, 3.8) is 0 Å². The second kappa shape index (κ2) is 5.70. The first-order chi connectivity index (χ1) is 9.10. The van der Waals surface area contributed by atoms with Gasteiger partial charge in [-0.3, -0.25) is 4.79 Å². The minimum Gasteiger partial charge on any atom is -0.399 e. The largest absolute Gasteiger partial charge is 0.399 e. The van der Waals surface area contributed by atoms with E-state index in [4.69, 9.17) is 5.73 Å². The molecule has 2 N–H and O–H groups in total. The normalized spacial score (nSPS) is 10.4. The van der Waals surface area contributed by atoms with Gasteiger partial charge in [0.2, 0.25) is 0 Å². The first kappa shape index (κ1) is 13.3. The topological polar surface area (TPSA) is 43.1 Å². The van der Waals surface area contributed by atoms with Crippen LogP contribution in [0.15, 0.2) is 42.5 Å². The summed E-state index contributed by atoms with van der Waals surface area (Å²) in [5, 5.41) is 0. The van der Waals surface area contributed by atoms with Crippen LogP contribution in [-0.4, -0.2) is 5.78 Å². The minimum absolute atomic E-state index is 0.0263. The molecular formula is C17H19NO. The highest BCUT2D eigenvalue weighted by molar-refractivity contribution is 6.09. The summed E-state index contributed by atoms with van der Waals surface area (Å²) in [5.74, 6) is 0.0263. The number of carbonyl (C=O) groups is 1. The van der Waals surface area contributed by atoms with E-state index in [0.29, 0.717) is 16.8 Å². The van der Waals surface area contributed by atoms with Gasteiger partial charge in [0.05, 0.1) is 0 Å². The average Bonchev–Trinajstić information content (AvgIpc) is 2.38. The lowest BCUT2D eigenvalue weighted by Gasteiger charge is -2.05. The van der Waals surface area contributed by atoms with Crippen LogP contribution in [0, 0.1) is 6.92 Å². The predicted molar refractivity (Wildman–Crippen MR) is 79.5 cm³/mol. The molecule has 2 aromatic carbocycles. The predicted octanol–water partition coefficient (Wildman–Crippen LogP) is 3.76. The highest BCUT2D eigenvalue weighted by Crippen LogP contribution is 2.16. The molecule has 2 heteroatoms. The fourth-order valence-corrected chi connectivity index (χ4v) is 2.22. The molecule has 0 radical (unpaired) electrons. The van der Waals surface area contributed by atoms with E-state index in [-0.39, 0.29) is 5.78 Å². The molecule has 98 valence electrons. The van der Waals surface area contributed by atoms with Crippen molar-refractivity contribution in [1.29, 1.82) is 0 Å². The highest BCUT2D eigenvalue weighted by atomic mass is 16.1. The molecule has 19 heavy (non-hydrogen) atoms. The molecule has 0 atom stereocenters. The van der Waals surface area contributed by atoms with Crippen molar-refractivity contribution in [2.24, 2.45) is 0 Å². The van der Waals surface area contributed by atoms with Gasteiger partial charge in [0.1, 0.15) is 0 Å². The van der Waals surface area contributed by atoms with Gasteiger partial charge >= 0.3 is 0 Å². The maximum absolute atomic E-state index is 12.4. The van der Waals surface area contributed by atoms with E-state index >= 15 is 0 Å². The Kier molecular flexibility index (Phi) is 4.00. The van der Waals surface area contributed by atoms with Crippen molar-refractivity contribution in [2.75, 3.05) is 5.73 Å². The zero-order valence-electron chi connectivity index (χ0n) is 11.4. The Morgan fingerprint density at radius 2 is 1.74 bits per heavy atom. The van der Waals surface area contributed by atoms with Crippen molar-refractivity contribution >= 4 is 11.5 Å². The van der Waals surface area contributed by atoms with Gasteiger partial charge in [0.15, 0.2) is 5.78 Å². The summed E-state index contributed by atoms with van der Waals surface area (Å²) < 4.78 is 0. The van der Waals surface area contributed by atoms with Crippen LogP contribution in [0.4, 0.5) is 5.69 Å². The Labute approximate surface area is 114 Å². The number of ketones is 1. The number of carbonyl (C=O) groups excluding carboxylic acids is 1. The molecule has 2 aromatic rings. The summed E-state index contributed by atoms with van der Waals surface area (Å²) in [6.07, 6.45) is 2.16. The van der Waals surface area contributed by atoms with Crippen LogP contribution < -0.4 is 5.73 Å². The summed E-state index contributed by atoms with van der Waals surface area (Å²) >= 11 is 0. The molecule has 0 amide bonds. The molecule has 0 aromatic heterocycles. The summed E-state index contributed by atoms with van der Waals surface area (Å²) in [6.45, 7) is 4.09. The van der Waals surface area contributed by atoms with E-state index in [1.807, 2.05) is 43.3 Å². The third-order valence-corrected chi connectivity index (χ3v) is 3.12. The van der Waals surface area contributed by atoms with E-state index in [0.717, 1.165) is 18.4 Å². The maximum Gasteiger partial charge on any atom is 0.193 e. The molecule has 0 fully saturated rings. The smallest absolute Gasteiger partial charge is 0.193 e. The molecule has 2 nitrogen and oxygen atoms in total. The quantitative estimate of drug-likeness (QED) is 0.666. The summed E-state index contributed by atoms with van der Waals surface area (Å²) in [5.41, 5.74) is 10.1. The average molecular weight is 253 g/mol. The fourth-order valence-electron chi connectivity index (χ4n) is 2.22. The Hall–Kier alpha value is -2.09. The lowest BCUT2D eigenvalue weighted by atomic mass is 9.99. The summed E-state index contributed by atoms with van der Waals surface area (Å²) in [6, 6.07) is 13.3. The molecule has 0 bridgehead atoms. The molecule has 0 saturated heterocycles. The van der Waals surface area contributed by atoms with Crippen LogP contribution in [0.1, 0.15) is 40.4 Å². The lowest BCUT2D eigenvalue weighted by molar-refractivity contribution is 0.103. The third-order valence-electron chi connectivity index (χ3n) is 3.12. The molecule has 0 spiro atoms. The minimum atomic E-state index is 0.0263. The molecule has 0 aliphatic carbocycles. The summed E-state index contributed by atoms with van der Waals surface area (Å²) in [7, 11) is 0. The van der Waals surface area contributed by atoms with Gasteiger partial charge in [-0.15, -0.1) is 0 Å². The Balaban J connectivity index is 2.28. The fraction of sp³-hybridized carbons (Fsp3) is 0.235. The molecule has 0 aliphatic heterocycles. The Morgan fingerprint density at radius 3 is 2.32 bits per heavy atom. The van der Waals surface area contributed by atoms with Crippen LogP contribution in [0.5, 0.6) is 0 Å². The van der Waals surface area contributed by atoms with Gasteiger partial charge in [-0.05, 0) is 42.7 Å². The maximum atomic E-state index is 12.4. The van der Waals surface area contributed by atoms with E-state index < -0.39 is 0 Å². The molecule has 0 unspecified atom stereocenters. The van der Waals surface area contributed by atoms with E-state index in [9.17, 15) is 4.79 Å². The molecule has 0 aliphatic rings. The van der Waals surface area contributed by atoms with Crippen LogP contribution in [0.25, 0.3) is 0 Å². The lowest BCUT2D eigenvalue weighted by Crippen LogP contribution is -2.03. The number of aryl methyl sites for hydroxylation is 2. The first-order valence-corrected chi connectivity index (χ1v) is 6.61. The molecule has 0 saturated carbocycles. The zero-order valence-corrected chi connectivity index (χ0v) is 11.4.